The molecule has 1 aliphatic carbocycles. The van der Waals surface area contributed by atoms with Gasteiger partial charge in [0, 0.05) is 33.0 Å². The Labute approximate surface area is 185 Å². The van der Waals surface area contributed by atoms with Crippen LogP contribution in [0.25, 0.3) is 10.9 Å². The van der Waals surface area contributed by atoms with Crippen LogP contribution in [0.1, 0.15) is 41.4 Å². The van der Waals surface area contributed by atoms with Gasteiger partial charge in [0.1, 0.15) is 5.75 Å². The average molecular weight is 436 g/mol. The monoisotopic (exact) mass is 435 g/mol. The number of carbonyl (C=O) groups is 2. The third kappa shape index (κ3) is 4.82. The van der Waals surface area contributed by atoms with Crippen molar-refractivity contribution in [1.29, 1.82) is 0 Å². The van der Waals surface area contributed by atoms with E-state index in [-0.39, 0.29) is 11.7 Å². The summed E-state index contributed by atoms with van der Waals surface area (Å²) in [6.45, 7) is 2.51. The van der Waals surface area contributed by atoms with Crippen LogP contribution in [0.15, 0.2) is 47.4 Å². The molecule has 4 rings (SSSR count). The molecule has 1 aliphatic rings. The maximum atomic E-state index is 12.8. The predicted octanol–water partition coefficient (Wildman–Crippen LogP) is 3.61. The predicted molar refractivity (Wildman–Crippen MR) is 120 cm³/mol. The molecule has 6 nitrogen and oxygen atoms in total. The minimum atomic E-state index is -1.09. The number of hydrogen-bond acceptors (Lipinski definition) is 6. The molecule has 0 radical (unpaired) electrons. The van der Waals surface area contributed by atoms with E-state index in [2.05, 4.69) is 5.32 Å². The second-order valence-corrected chi connectivity index (χ2v) is 8.36. The largest absolute Gasteiger partial charge is 0.549 e. The summed E-state index contributed by atoms with van der Waals surface area (Å²) in [5.41, 5.74) is 4.03. The Morgan fingerprint density at radius 2 is 1.90 bits per heavy atom. The lowest BCUT2D eigenvalue weighted by atomic mass is 9.94. The van der Waals surface area contributed by atoms with Gasteiger partial charge in [-0.05, 0) is 74.6 Å². The minimum absolute atomic E-state index is 0.106. The zero-order valence-electron chi connectivity index (χ0n) is 17.3. The molecule has 1 amide bonds. The van der Waals surface area contributed by atoms with E-state index in [0.717, 1.165) is 53.0 Å². The van der Waals surface area contributed by atoms with E-state index in [1.807, 2.05) is 25.1 Å². The molecule has 0 saturated carbocycles. The van der Waals surface area contributed by atoms with Crippen molar-refractivity contribution in [3.63, 3.8) is 0 Å². The molecule has 1 aromatic heterocycles. The number of aliphatic carboxylic acids is 1. The molecule has 0 aliphatic heterocycles. The standard InChI is InChI=1S/C24H24N2O4S/c1-2-30-17-10-8-16(9-11-17)25-24(29)15-7-12-19-21(13-15)26-20-6-4-3-5-18(20)23(19)31-14-22(27)28/h7-13H,2-6,14H2,1H3,(H,25,29)(H,27,28)/p-1. The summed E-state index contributed by atoms with van der Waals surface area (Å²) >= 11 is 1.28. The maximum Gasteiger partial charge on any atom is 0.255 e. The first-order valence-electron chi connectivity index (χ1n) is 10.4. The molecule has 0 saturated heterocycles. The Kier molecular flexibility index (Phi) is 6.42. The first-order chi connectivity index (χ1) is 15.0. The molecular formula is C24H23N2O4S-. The molecule has 2 aromatic carbocycles. The van der Waals surface area contributed by atoms with Gasteiger partial charge < -0.3 is 20.0 Å². The van der Waals surface area contributed by atoms with Crippen LogP contribution < -0.4 is 15.2 Å². The lowest BCUT2D eigenvalue weighted by Crippen LogP contribution is -2.24. The number of carboxylic acid groups (broad SMARTS) is 1. The Hall–Kier alpha value is -3.06. The highest BCUT2D eigenvalue weighted by molar-refractivity contribution is 8.00. The number of carboxylic acids is 1. The zero-order valence-corrected chi connectivity index (χ0v) is 18.1. The summed E-state index contributed by atoms with van der Waals surface area (Å²) in [6.07, 6.45) is 3.90. The van der Waals surface area contributed by atoms with Gasteiger partial charge in [0.25, 0.3) is 5.91 Å². The maximum absolute atomic E-state index is 12.8. The van der Waals surface area contributed by atoms with Crippen molar-refractivity contribution in [3.05, 3.63) is 59.3 Å². The number of aryl methyl sites for hydroxylation is 1. The van der Waals surface area contributed by atoms with Gasteiger partial charge in [0.05, 0.1) is 18.1 Å². The molecule has 0 unspecified atom stereocenters. The molecule has 0 atom stereocenters. The average Bonchev–Trinajstić information content (AvgIpc) is 2.77. The zero-order chi connectivity index (χ0) is 21.8. The second kappa shape index (κ2) is 9.39. The molecule has 160 valence electrons. The SMILES string of the molecule is CCOc1ccc(NC(=O)c2ccc3c(SCC(=O)[O-])c4c(nc3c2)CCCC4)cc1. The number of ether oxygens (including phenoxy) is 1. The van der Waals surface area contributed by atoms with E-state index >= 15 is 0 Å². The quantitative estimate of drug-likeness (QED) is 0.570. The third-order valence-corrected chi connectivity index (χ3v) is 6.37. The fourth-order valence-electron chi connectivity index (χ4n) is 3.82. The van der Waals surface area contributed by atoms with Gasteiger partial charge in [0.2, 0.25) is 0 Å². The van der Waals surface area contributed by atoms with Gasteiger partial charge in [-0.15, -0.1) is 11.8 Å². The van der Waals surface area contributed by atoms with Crippen LogP contribution in [0.4, 0.5) is 5.69 Å². The van der Waals surface area contributed by atoms with E-state index in [9.17, 15) is 14.7 Å². The highest BCUT2D eigenvalue weighted by Gasteiger charge is 2.19. The van der Waals surface area contributed by atoms with Gasteiger partial charge in [0.15, 0.2) is 0 Å². The van der Waals surface area contributed by atoms with E-state index in [1.54, 1.807) is 24.3 Å². The van der Waals surface area contributed by atoms with E-state index < -0.39 is 5.97 Å². The number of benzene rings is 2. The number of thioether (sulfide) groups is 1. The molecule has 3 aromatic rings. The van der Waals surface area contributed by atoms with Crippen molar-refractivity contribution in [2.45, 2.75) is 37.5 Å². The van der Waals surface area contributed by atoms with E-state index in [0.29, 0.717) is 23.4 Å². The van der Waals surface area contributed by atoms with Crippen LogP contribution in [-0.2, 0) is 17.6 Å². The highest BCUT2D eigenvalue weighted by atomic mass is 32.2. The van der Waals surface area contributed by atoms with Gasteiger partial charge in [-0.1, -0.05) is 6.07 Å². The molecular weight excluding hydrogens is 412 g/mol. The Bertz CT molecular complexity index is 1130. The first kappa shape index (κ1) is 21.2. The van der Waals surface area contributed by atoms with Crippen molar-refractivity contribution >= 4 is 40.2 Å². The Morgan fingerprint density at radius 1 is 1.13 bits per heavy atom. The van der Waals surface area contributed by atoms with Gasteiger partial charge in [-0.25, -0.2) is 0 Å². The van der Waals surface area contributed by atoms with Gasteiger partial charge in [-0.3, -0.25) is 9.78 Å². The molecule has 1 heterocycles. The topological polar surface area (TPSA) is 91.3 Å². The lowest BCUT2D eigenvalue weighted by molar-refractivity contribution is -0.301. The van der Waals surface area contributed by atoms with Crippen molar-refractivity contribution in [2.24, 2.45) is 0 Å². The Balaban J connectivity index is 1.63. The fraction of sp³-hybridized carbons (Fsp3) is 0.292. The number of amides is 1. The summed E-state index contributed by atoms with van der Waals surface area (Å²) in [6, 6.07) is 12.6. The normalized spacial score (nSPS) is 12.9. The number of anilines is 1. The van der Waals surface area contributed by atoms with Crippen LogP contribution >= 0.6 is 11.8 Å². The van der Waals surface area contributed by atoms with Crippen LogP contribution in [0.5, 0.6) is 5.75 Å². The minimum Gasteiger partial charge on any atom is -0.549 e. The summed E-state index contributed by atoms with van der Waals surface area (Å²) in [5, 5.41) is 14.8. The van der Waals surface area contributed by atoms with E-state index in [1.165, 1.54) is 11.8 Å². The lowest BCUT2D eigenvalue weighted by Gasteiger charge is -2.21. The van der Waals surface area contributed by atoms with Crippen molar-refractivity contribution in [2.75, 3.05) is 17.7 Å². The number of carbonyl (C=O) groups excluding carboxylic acids is 2. The van der Waals surface area contributed by atoms with Gasteiger partial charge >= 0.3 is 0 Å². The molecule has 7 heteroatoms. The van der Waals surface area contributed by atoms with E-state index in [4.69, 9.17) is 9.72 Å². The highest BCUT2D eigenvalue weighted by Crippen LogP contribution is 2.36. The second-order valence-electron chi connectivity index (χ2n) is 7.38. The summed E-state index contributed by atoms with van der Waals surface area (Å²) < 4.78 is 5.43. The van der Waals surface area contributed by atoms with Crippen molar-refractivity contribution in [1.82, 2.24) is 4.98 Å². The fourth-order valence-corrected chi connectivity index (χ4v) is 4.81. The summed E-state index contributed by atoms with van der Waals surface area (Å²) in [4.78, 5) is 29.6. The van der Waals surface area contributed by atoms with Crippen molar-refractivity contribution in [3.8, 4) is 5.75 Å². The van der Waals surface area contributed by atoms with Crippen LogP contribution in [0, 0.1) is 0 Å². The number of nitrogens with zero attached hydrogens (tertiary/aromatic N) is 1. The number of hydrogen-bond donors (Lipinski definition) is 1. The molecule has 0 fully saturated rings. The molecule has 31 heavy (non-hydrogen) atoms. The van der Waals surface area contributed by atoms with Crippen LogP contribution in [-0.4, -0.2) is 29.2 Å². The first-order valence-corrected chi connectivity index (χ1v) is 11.4. The van der Waals surface area contributed by atoms with Crippen LogP contribution in [0.3, 0.4) is 0 Å². The Morgan fingerprint density at radius 3 is 2.65 bits per heavy atom. The number of fused-ring (bicyclic) bond motifs is 2. The number of nitrogens with one attached hydrogen (secondary N) is 1. The molecule has 0 spiro atoms. The van der Waals surface area contributed by atoms with Gasteiger partial charge in [-0.2, -0.15) is 0 Å². The van der Waals surface area contributed by atoms with Crippen molar-refractivity contribution < 1.29 is 19.4 Å². The summed E-state index contributed by atoms with van der Waals surface area (Å²) in [7, 11) is 0. The number of rotatable bonds is 7. The third-order valence-electron chi connectivity index (χ3n) is 5.23. The summed E-state index contributed by atoms with van der Waals surface area (Å²) in [5.74, 6) is -0.673. The van der Waals surface area contributed by atoms with Crippen LogP contribution in [0.2, 0.25) is 0 Å². The number of pyridine rings is 1. The number of aromatic nitrogens is 1. The molecule has 0 bridgehead atoms. The smallest absolute Gasteiger partial charge is 0.255 e. The molecule has 1 N–H and O–H groups in total.